The van der Waals surface area contributed by atoms with E-state index < -0.39 is 10.0 Å². The van der Waals surface area contributed by atoms with Gasteiger partial charge >= 0.3 is 0 Å². The molecule has 0 aliphatic heterocycles. The maximum absolute atomic E-state index is 12.6. The van der Waals surface area contributed by atoms with Crippen molar-refractivity contribution in [1.29, 1.82) is 0 Å². The molecule has 0 aliphatic carbocycles. The fraction of sp³-hybridized carbons (Fsp3) is 0.0952. The molecule has 0 saturated heterocycles. The highest BCUT2D eigenvalue weighted by molar-refractivity contribution is 7.92. The van der Waals surface area contributed by atoms with E-state index in [-0.39, 0.29) is 21.5 Å². The second-order valence-corrected chi connectivity index (χ2v) is 9.05. The SMILES string of the molecule is Cc1ccc(C)c(C(=O)Nc2ccc(S(=O)(=O)Nc3ccc(Cl)cc3Cl)cc2)c1. The zero-order valence-corrected chi connectivity index (χ0v) is 18.0. The van der Waals surface area contributed by atoms with Crippen LogP contribution in [0.4, 0.5) is 11.4 Å². The average molecular weight is 449 g/mol. The second kappa shape index (κ2) is 8.45. The molecule has 0 fully saturated rings. The normalized spacial score (nSPS) is 11.2. The number of hydrogen-bond acceptors (Lipinski definition) is 3. The van der Waals surface area contributed by atoms with E-state index >= 15 is 0 Å². The molecule has 3 aromatic rings. The minimum absolute atomic E-state index is 0.0354. The molecule has 0 unspecified atom stereocenters. The fourth-order valence-corrected chi connectivity index (χ4v) is 4.26. The summed E-state index contributed by atoms with van der Waals surface area (Å²) in [6.07, 6.45) is 0. The summed E-state index contributed by atoms with van der Waals surface area (Å²) in [5.74, 6) is -0.257. The second-order valence-electron chi connectivity index (χ2n) is 6.53. The van der Waals surface area contributed by atoms with Crippen LogP contribution in [-0.2, 0) is 10.0 Å². The number of aryl methyl sites for hydroxylation is 2. The lowest BCUT2D eigenvalue weighted by molar-refractivity contribution is 0.102. The first kappa shape index (κ1) is 21.2. The van der Waals surface area contributed by atoms with Crippen LogP contribution in [0.2, 0.25) is 10.0 Å². The van der Waals surface area contributed by atoms with Crippen LogP contribution < -0.4 is 10.0 Å². The van der Waals surface area contributed by atoms with E-state index in [1.54, 1.807) is 0 Å². The number of carbonyl (C=O) groups is 1. The maximum Gasteiger partial charge on any atom is 0.261 e. The van der Waals surface area contributed by atoms with Gasteiger partial charge in [0.05, 0.1) is 15.6 Å². The lowest BCUT2D eigenvalue weighted by Crippen LogP contribution is -2.15. The van der Waals surface area contributed by atoms with E-state index in [0.717, 1.165) is 11.1 Å². The average Bonchev–Trinajstić information content (AvgIpc) is 2.66. The lowest BCUT2D eigenvalue weighted by atomic mass is 10.1. The Morgan fingerprint density at radius 3 is 2.24 bits per heavy atom. The zero-order valence-electron chi connectivity index (χ0n) is 15.7. The summed E-state index contributed by atoms with van der Waals surface area (Å²) >= 11 is 11.9. The number of sulfonamides is 1. The molecule has 2 N–H and O–H groups in total. The van der Waals surface area contributed by atoms with Gasteiger partial charge in [-0.25, -0.2) is 8.42 Å². The van der Waals surface area contributed by atoms with Crippen molar-refractivity contribution in [3.8, 4) is 0 Å². The number of anilines is 2. The van der Waals surface area contributed by atoms with Gasteiger partial charge in [-0.2, -0.15) is 0 Å². The van der Waals surface area contributed by atoms with Gasteiger partial charge in [0, 0.05) is 16.3 Å². The number of halogens is 2. The van der Waals surface area contributed by atoms with Crippen LogP contribution in [0, 0.1) is 13.8 Å². The van der Waals surface area contributed by atoms with Crippen LogP contribution in [0.1, 0.15) is 21.5 Å². The van der Waals surface area contributed by atoms with Gasteiger partial charge in [0.2, 0.25) is 0 Å². The highest BCUT2D eigenvalue weighted by Gasteiger charge is 2.16. The summed E-state index contributed by atoms with van der Waals surface area (Å²) in [6.45, 7) is 3.77. The summed E-state index contributed by atoms with van der Waals surface area (Å²) in [5, 5.41) is 3.38. The Labute approximate surface area is 179 Å². The molecular weight excluding hydrogens is 431 g/mol. The Morgan fingerprint density at radius 1 is 0.897 bits per heavy atom. The van der Waals surface area contributed by atoms with Crippen LogP contribution >= 0.6 is 23.2 Å². The molecule has 3 aromatic carbocycles. The standard InChI is InChI=1S/C21H18Cl2N2O3S/c1-13-3-4-14(2)18(11-13)21(26)24-16-6-8-17(9-7-16)29(27,28)25-20-10-5-15(22)12-19(20)23/h3-12,25H,1-2H3,(H,24,26). The summed E-state index contributed by atoms with van der Waals surface area (Å²) in [4.78, 5) is 12.5. The van der Waals surface area contributed by atoms with Gasteiger partial charge in [-0.05, 0) is 67.9 Å². The van der Waals surface area contributed by atoms with Crippen LogP contribution in [0.3, 0.4) is 0 Å². The molecule has 5 nitrogen and oxygen atoms in total. The third-order valence-electron chi connectivity index (χ3n) is 4.24. The Morgan fingerprint density at radius 2 is 1.59 bits per heavy atom. The summed E-state index contributed by atoms with van der Waals surface area (Å²) in [7, 11) is -3.85. The van der Waals surface area contributed by atoms with Gasteiger partial charge in [-0.1, -0.05) is 40.9 Å². The van der Waals surface area contributed by atoms with Crippen molar-refractivity contribution in [1.82, 2.24) is 0 Å². The molecule has 1 amide bonds. The molecule has 0 atom stereocenters. The minimum Gasteiger partial charge on any atom is -0.322 e. The van der Waals surface area contributed by atoms with Gasteiger partial charge in [-0.3, -0.25) is 9.52 Å². The van der Waals surface area contributed by atoms with Crippen LogP contribution in [-0.4, -0.2) is 14.3 Å². The van der Waals surface area contributed by atoms with Crippen molar-refractivity contribution in [2.24, 2.45) is 0 Å². The van der Waals surface area contributed by atoms with Gasteiger partial charge in [0.15, 0.2) is 0 Å². The Hall–Kier alpha value is -2.54. The topological polar surface area (TPSA) is 75.3 Å². The fourth-order valence-electron chi connectivity index (χ4n) is 2.67. The van der Waals surface area contributed by atoms with E-state index in [1.807, 2.05) is 32.0 Å². The van der Waals surface area contributed by atoms with Gasteiger partial charge < -0.3 is 5.32 Å². The van der Waals surface area contributed by atoms with Crippen LogP contribution in [0.25, 0.3) is 0 Å². The number of rotatable bonds is 5. The summed E-state index contributed by atoms with van der Waals surface area (Å²) in [5.41, 5.74) is 3.12. The monoisotopic (exact) mass is 448 g/mol. The molecule has 8 heteroatoms. The molecule has 0 radical (unpaired) electrons. The first-order valence-electron chi connectivity index (χ1n) is 8.62. The summed E-state index contributed by atoms with van der Waals surface area (Å²) in [6, 6.07) is 16.0. The highest BCUT2D eigenvalue weighted by Crippen LogP contribution is 2.28. The third kappa shape index (κ3) is 5.09. The van der Waals surface area contributed by atoms with E-state index in [4.69, 9.17) is 23.2 Å². The summed E-state index contributed by atoms with van der Waals surface area (Å²) < 4.78 is 27.6. The van der Waals surface area contributed by atoms with Gasteiger partial charge in [0.25, 0.3) is 15.9 Å². The van der Waals surface area contributed by atoms with Crippen molar-refractivity contribution in [3.05, 3.63) is 87.4 Å². The van der Waals surface area contributed by atoms with Crippen molar-refractivity contribution in [2.45, 2.75) is 18.7 Å². The van der Waals surface area contributed by atoms with Gasteiger partial charge in [-0.15, -0.1) is 0 Å². The first-order chi connectivity index (χ1) is 13.7. The number of nitrogens with one attached hydrogen (secondary N) is 2. The smallest absolute Gasteiger partial charge is 0.261 e. The molecule has 0 bridgehead atoms. The van der Waals surface area contributed by atoms with Crippen molar-refractivity contribution in [3.63, 3.8) is 0 Å². The molecular formula is C21H18Cl2N2O3S. The van der Waals surface area contributed by atoms with Crippen molar-refractivity contribution >= 4 is 50.5 Å². The third-order valence-corrected chi connectivity index (χ3v) is 6.16. The maximum atomic E-state index is 12.6. The van der Waals surface area contributed by atoms with Crippen LogP contribution in [0.15, 0.2) is 65.6 Å². The quantitative estimate of drug-likeness (QED) is 0.528. The highest BCUT2D eigenvalue weighted by atomic mass is 35.5. The van der Waals surface area contributed by atoms with E-state index in [0.29, 0.717) is 16.3 Å². The van der Waals surface area contributed by atoms with Crippen molar-refractivity contribution < 1.29 is 13.2 Å². The Balaban J connectivity index is 1.77. The number of hydrogen-bond donors (Lipinski definition) is 2. The number of carbonyl (C=O) groups excluding carboxylic acids is 1. The van der Waals surface area contributed by atoms with E-state index in [2.05, 4.69) is 10.0 Å². The zero-order chi connectivity index (χ0) is 21.2. The molecule has 0 spiro atoms. The predicted octanol–water partition coefficient (Wildman–Crippen LogP) is 5.66. The molecule has 29 heavy (non-hydrogen) atoms. The molecule has 0 heterocycles. The van der Waals surface area contributed by atoms with Crippen molar-refractivity contribution in [2.75, 3.05) is 10.0 Å². The molecule has 150 valence electrons. The number of amides is 1. The lowest BCUT2D eigenvalue weighted by Gasteiger charge is -2.11. The predicted molar refractivity (Wildman–Crippen MR) is 118 cm³/mol. The van der Waals surface area contributed by atoms with Crippen LogP contribution in [0.5, 0.6) is 0 Å². The minimum atomic E-state index is -3.85. The molecule has 0 saturated carbocycles. The molecule has 3 rings (SSSR count). The first-order valence-corrected chi connectivity index (χ1v) is 10.9. The number of benzene rings is 3. The Bertz CT molecular complexity index is 1180. The molecule has 0 aromatic heterocycles. The van der Waals surface area contributed by atoms with Gasteiger partial charge in [0.1, 0.15) is 0 Å². The molecule has 0 aliphatic rings. The Kier molecular flexibility index (Phi) is 6.17. The van der Waals surface area contributed by atoms with E-state index in [1.165, 1.54) is 42.5 Å². The largest absolute Gasteiger partial charge is 0.322 e. The van der Waals surface area contributed by atoms with E-state index in [9.17, 15) is 13.2 Å².